The van der Waals surface area contributed by atoms with E-state index in [4.69, 9.17) is 10.5 Å². The maximum atomic E-state index is 5.94. The summed E-state index contributed by atoms with van der Waals surface area (Å²) in [4.78, 5) is 0. The first-order valence-electron chi connectivity index (χ1n) is 4.91. The van der Waals surface area contributed by atoms with E-state index >= 15 is 0 Å². The predicted octanol–water partition coefficient (Wildman–Crippen LogP) is 0.246. The smallest absolute Gasteiger partial charge is 0.0721 e. The van der Waals surface area contributed by atoms with E-state index in [1.54, 1.807) is 0 Å². The molecule has 3 N–H and O–H groups in total. The summed E-state index contributed by atoms with van der Waals surface area (Å²) >= 11 is 0. The third-order valence-corrected chi connectivity index (χ3v) is 3.05. The van der Waals surface area contributed by atoms with Crippen LogP contribution in [0.15, 0.2) is 0 Å². The Labute approximate surface area is 73.7 Å². The van der Waals surface area contributed by atoms with Crippen molar-refractivity contribution in [2.75, 3.05) is 19.7 Å². The molecule has 0 aliphatic carbocycles. The number of piperidine rings is 1. The van der Waals surface area contributed by atoms with Gasteiger partial charge in [-0.3, -0.25) is 0 Å². The van der Waals surface area contributed by atoms with Crippen LogP contribution in [0.1, 0.15) is 25.7 Å². The van der Waals surface area contributed by atoms with Crippen molar-refractivity contribution in [3.63, 3.8) is 0 Å². The quantitative estimate of drug-likeness (QED) is 0.547. The van der Waals surface area contributed by atoms with Crippen LogP contribution in [-0.4, -0.2) is 31.3 Å². The molecular formula is C9H18N2O. The summed E-state index contributed by atoms with van der Waals surface area (Å²) in [5.41, 5.74) is 6.08. The van der Waals surface area contributed by atoms with Crippen LogP contribution < -0.4 is 11.1 Å². The second-order valence-electron chi connectivity index (χ2n) is 4.03. The highest BCUT2D eigenvalue weighted by atomic mass is 16.5. The molecule has 2 aliphatic heterocycles. The van der Waals surface area contributed by atoms with E-state index in [1.807, 2.05) is 0 Å². The van der Waals surface area contributed by atoms with Crippen LogP contribution >= 0.6 is 0 Å². The largest absolute Gasteiger partial charge is 0.375 e. The minimum atomic E-state index is 0.142. The number of nitrogens with two attached hydrogens (primary N) is 1. The van der Waals surface area contributed by atoms with Gasteiger partial charge in [-0.1, -0.05) is 0 Å². The van der Waals surface area contributed by atoms with Gasteiger partial charge < -0.3 is 15.8 Å². The van der Waals surface area contributed by atoms with Crippen LogP contribution in [0.5, 0.6) is 0 Å². The zero-order valence-electron chi connectivity index (χ0n) is 7.51. The Morgan fingerprint density at radius 2 is 2.08 bits per heavy atom. The average molecular weight is 170 g/mol. The SMILES string of the molecule is NC1CCOC2(CCNCC2)C1. The maximum absolute atomic E-state index is 5.94. The third-order valence-electron chi connectivity index (χ3n) is 3.05. The van der Waals surface area contributed by atoms with Crippen LogP contribution in [0.4, 0.5) is 0 Å². The van der Waals surface area contributed by atoms with Crippen molar-refractivity contribution in [2.24, 2.45) is 5.73 Å². The fourth-order valence-electron chi connectivity index (χ4n) is 2.30. The zero-order chi connectivity index (χ0) is 8.44. The summed E-state index contributed by atoms with van der Waals surface area (Å²) in [7, 11) is 0. The van der Waals surface area contributed by atoms with E-state index in [0.717, 1.165) is 45.4 Å². The third kappa shape index (κ3) is 1.63. The van der Waals surface area contributed by atoms with Crippen LogP contribution in [0, 0.1) is 0 Å². The molecule has 1 spiro atoms. The summed E-state index contributed by atoms with van der Waals surface area (Å²) in [5, 5.41) is 3.35. The van der Waals surface area contributed by atoms with Crippen LogP contribution in [0.3, 0.4) is 0 Å². The Bertz CT molecular complexity index is 149. The lowest BCUT2D eigenvalue weighted by atomic mass is 9.83. The van der Waals surface area contributed by atoms with Gasteiger partial charge in [0.05, 0.1) is 5.60 Å². The molecule has 0 radical (unpaired) electrons. The summed E-state index contributed by atoms with van der Waals surface area (Å²) < 4.78 is 5.86. The Hall–Kier alpha value is -0.120. The van der Waals surface area contributed by atoms with Crippen molar-refractivity contribution in [1.29, 1.82) is 0 Å². The monoisotopic (exact) mass is 170 g/mol. The summed E-state index contributed by atoms with van der Waals surface area (Å²) in [6.07, 6.45) is 4.38. The van der Waals surface area contributed by atoms with Gasteiger partial charge in [0.1, 0.15) is 0 Å². The predicted molar refractivity (Wildman–Crippen MR) is 48.0 cm³/mol. The van der Waals surface area contributed by atoms with Crippen molar-refractivity contribution in [3.8, 4) is 0 Å². The van der Waals surface area contributed by atoms with Gasteiger partial charge in [-0.2, -0.15) is 0 Å². The fourth-order valence-corrected chi connectivity index (χ4v) is 2.30. The Morgan fingerprint density at radius 3 is 2.75 bits per heavy atom. The average Bonchev–Trinajstić information content (AvgIpc) is 2.05. The molecule has 2 heterocycles. The topological polar surface area (TPSA) is 47.3 Å². The van der Waals surface area contributed by atoms with E-state index < -0.39 is 0 Å². The normalized spacial score (nSPS) is 35.2. The van der Waals surface area contributed by atoms with Crippen molar-refractivity contribution >= 4 is 0 Å². The second kappa shape index (κ2) is 3.32. The van der Waals surface area contributed by atoms with Gasteiger partial charge in [0.25, 0.3) is 0 Å². The van der Waals surface area contributed by atoms with E-state index in [2.05, 4.69) is 5.32 Å². The molecule has 0 aromatic carbocycles. The summed E-state index contributed by atoms with van der Waals surface area (Å²) in [6, 6.07) is 0.372. The van der Waals surface area contributed by atoms with Crippen molar-refractivity contribution < 1.29 is 4.74 Å². The Balaban J connectivity index is 1.97. The molecule has 0 aromatic rings. The van der Waals surface area contributed by atoms with Crippen molar-refractivity contribution in [3.05, 3.63) is 0 Å². The van der Waals surface area contributed by atoms with Crippen molar-refractivity contribution in [1.82, 2.24) is 5.32 Å². The van der Waals surface area contributed by atoms with Crippen LogP contribution in [0.25, 0.3) is 0 Å². The molecule has 2 saturated heterocycles. The molecule has 2 rings (SSSR count). The van der Waals surface area contributed by atoms with E-state index in [9.17, 15) is 0 Å². The molecule has 2 fully saturated rings. The van der Waals surface area contributed by atoms with Crippen molar-refractivity contribution in [2.45, 2.75) is 37.3 Å². The second-order valence-corrected chi connectivity index (χ2v) is 4.03. The highest BCUT2D eigenvalue weighted by molar-refractivity contribution is 4.92. The summed E-state index contributed by atoms with van der Waals surface area (Å²) in [6.45, 7) is 3.04. The molecule has 3 heteroatoms. The number of ether oxygens (including phenoxy) is 1. The molecule has 1 atom stereocenters. The number of rotatable bonds is 0. The number of nitrogens with one attached hydrogen (secondary N) is 1. The Kier molecular flexibility index (Phi) is 2.35. The highest BCUT2D eigenvalue weighted by Crippen LogP contribution is 2.32. The minimum absolute atomic E-state index is 0.142. The first kappa shape index (κ1) is 8.48. The molecule has 1 unspecified atom stereocenters. The van der Waals surface area contributed by atoms with Gasteiger partial charge in [0.2, 0.25) is 0 Å². The number of hydrogen-bond acceptors (Lipinski definition) is 3. The molecule has 0 saturated carbocycles. The van der Waals surface area contributed by atoms with Crippen LogP contribution in [0.2, 0.25) is 0 Å². The van der Waals surface area contributed by atoms with Gasteiger partial charge in [0.15, 0.2) is 0 Å². The van der Waals surface area contributed by atoms with Gasteiger partial charge in [-0.05, 0) is 38.8 Å². The molecule has 70 valence electrons. The molecule has 12 heavy (non-hydrogen) atoms. The summed E-state index contributed by atoms with van der Waals surface area (Å²) in [5.74, 6) is 0. The van der Waals surface area contributed by atoms with Crippen LogP contribution in [-0.2, 0) is 4.74 Å². The minimum Gasteiger partial charge on any atom is -0.375 e. The van der Waals surface area contributed by atoms with Gasteiger partial charge in [-0.25, -0.2) is 0 Å². The molecular weight excluding hydrogens is 152 g/mol. The standard InChI is InChI=1S/C9H18N2O/c10-8-1-6-12-9(7-8)2-4-11-5-3-9/h8,11H,1-7,10H2. The van der Waals surface area contributed by atoms with Gasteiger partial charge in [0, 0.05) is 12.6 Å². The Morgan fingerprint density at radius 1 is 1.33 bits per heavy atom. The lowest BCUT2D eigenvalue weighted by molar-refractivity contribution is -0.101. The molecule has 0 bridgehead atoms. The first-order chi connectivity index (χ1) is 5.81. The molecule has 0 aromatic heterocycles. The van der Waals surface area contributed by atoms with E-state index in [-0.39, 0.29) is 5.60 Å². The molecule has 2 aliphatic rings. The van der Waals surface area contributed by atoms with Gasteiger partial charge >= 0.3 is 0 Å². The lowest BCUT2D eigenvalue weighted by Crippen LogP contribution is -2.50. The lowest BCUT2D eigenvalue weighted by Gasteiger charge is -2.42. The zero-order valence-corrected chi connectivity index (χ0v) is 7.51. The van der Waals surface area contributed by atoms with Gasteiger partial charge in [-0.15, -0.1) is 0 Å². The molecule has 0 amide bonds. The maximum Gasteiger partial charge on any atom is 0.0721 e. The van der Waals surface area contributed by atoms with E-state index in [1.165, 1.54) is 0 Å². The van der Waals surface area contributed by atoms with E-state index in [0.29, 0.717) is 6.04 Å². The molecule has 3 nitrogen and oxygen atoms in total. The highest BCUT2D eigenvalue weighted by Gasteiger charge is 2.37. The number of hydrogen-bond donors (Lipinski definition) is 2. The fraction of sp³-hybridized carbons (Fsp3) is 1.00. The first-order valence-corrected chi connectivity index (χ1v) is 4.91.